The molecule has 2 rings (SSSR count). The summed E-state index contributed by atoms with van der Waals surface area (Å²) in [7, 11) is 0. The normalized spacial score (nSPS) is 22.7. The smallest absolute Gasteiger partial charge is 0.304 e. The van der Waals surface area contributed by atoms with Gasteiger partial charge in [0.25, 0.3) is 0 Å². The predicted octanol–water partition coefficient (Wildman–Crippen LogP) is 4.31. The van der Waals surface area contributed by atoms with E-state index < -0.39 is 29.5 Å². The van der Waals surface area contributed by atoms with Crippen LogP contribution in [0.4, 0.5) is 13.2 Å². The number of aliphatic hydroxyl groups excluding tert-OH is 1. The summed E-state index contributed by atoms with van der Waals surface area (Å²) < 4.78 is 38.5. The Morgan fingerprint density at radius 3 is 2.25 bits per heavy atom. The number of nitrogens with two attached hydrogens (primary N) is 1. The molecule has 0 spiro atoms. The summed E-state index contributed by atoms with van der Waals surface area (Å²) in [5.74, 6) is -2.58. The zero-order valence-electron chi connectivity index (χ0n) is 16.5. The molecule has 0 aliphatic heterocycles. The molecule has 0 heterocycles. The molecule has 4 unspecified atom stereocenters. The van der Waals surface area contributed by atoms with Gasteiger partial charge in [-0.05, 0) is 48.6 Å². The van der Waals surface area contributed by atoms with Gasteiger partial charge < -0.3 is 15.9 Å². The van der Waals surface area contributed by atoms with Gasteiger partial charge in [-0.1, -0.05) is 27.2 Å². The van der Waals surface area contributed by atoms with Crippen molar-refractivity contribution in [2.45, 2.75) is 65.0 Å². The standard InChI is InChI=1S/C10H10F3NO2.C10H20O.ClH/c11-7-4-9(13)8(12)2-5(7)1-6(14)3-10(15)16;1-7(2)9-5-4-8(3)6-10(9)11;/h2,4,6H,1,3,14H2,(H,15,16);7-11H,4-6H2,1-3H3;1H. The van der Waals surface area contributed by atoms with Crippen molar-refractivity contribution in [3.63, 3.8) is 0 Å². The van der Waals surface area contributed by atoms with Crippen LogP contribution in [0, 0.1) is 35.2 Å². The molecule has 1 aromatic carbocycles. The number of carboxylic acids is 1. The van der Waals surface area contributed by atoms with Crippen molar-refractivity contribution in [2.75, 3.05) is 0 Å². The second-order valence-corrected chi connectivity index (χ2v) is 7.81. The third-order valence-electron chi connectivity index (χ3n) is 5.00. The first kappa shape index (κ1) is 26.7. The van der Waals surface area contributed by atoms with E-state index in [9.17, 15) is 23.1 Å². The molecule has 8 heteroatoms. The highest BCUT2D eigenvalue weighted by Crippen LogP contribution is 2.33. The summed E-state index contributed by atoms with van der Waals surface area (Å²) in [4.78, 5) is 10.3. The summed E-state index contributed by atoms with van der Waals surface area (Å²) in [6, 6.07) is 0.265. The van der Waals surface area contributed by atoms with Gasteiger partial charge in [-0.15, -0.1) is 12.4 Å². The van der Waals surface area contributed by atoms with Crippen LogP contribution in [0.5, 0.6) is 0 Å². The first-order chi connectivity index (χ1) is 12.5. The maximum atomic E-state index is 13.1. The number of halogens is 4. The Morgan fingerprint density at radius 1 is 1.18 bits per heavy atom. The number of aliphatic hydroxyl groups is 1. The topological polar surface area (TPSA) is 83.5 Å². The molecule has 0 aromatic heterocycles. The van der Waals surface area contributed by atoms with Crippen LogP contribution in [0.1, 0.15) is 52.0 Å². The summed E-state index contributed by atoms with van der Waals surface area (Å²) in [6.07, 6.45) is 3.00. The highest BCUT2D eigenvalue weighted by Gasteiger charge is 2.28. The van der Waals surface area contributed by atoms with Crippen molar-refractivity contribution >= 4 is 18.4 Å². The minimum atomic E-state index is -1.28. The lowest BCUT2D eigenvalue weighted by atomic mass is 9.75. The van der Waals surface area contributed by atoms with E-state index in [1.54, 1.807) is 0 Å². The molecule has 1 saturated carbocycles. The molecular weight excluding hydrogens is 395 g/mol. The second kappa shape index (κ2) is 12.3. The van der Waals surface area contributed by atoms with E-state index in [1.165, 1.54) is 12.8 Å². The lowest BCUT2D eigenvalue weighted by Gasteiger charge is -2.33. The third-order valence-corrected chi connectivity index (χ3v) is 5.00. The fraction of sp³-hybridized carbons (Fsp3) is 0.650. The van der Waals surface area contributed by atoms with Crippen LogP contribution in [0.25, 0.3) is 0 Å². The van der Waals surface area contributed by atoms with Crippen LogP contribution in [0.15, 0.2) is 12.1 Å². The van der Waals surface area contributed by atoms with Crippen LogP contribution >= 0.6 is 12.4 Å². The lowest BCUT2D eigenvalue weighted by Crippen LogP contribution is -2.31. The van der Waals surface area contributed by atoms with Gasteiger partial charge in [-0.25, -0.2) is 13.2 Å². The van der Waals surface area contributed by atoms with Crippen molar-refractivity contribution in [3.8, 4) is 0 Å². The van der Waals surface area contributed by atoms with E-state index in [1.807, 2.05) is 0 Å². The number of carboxylic acid groups (broad SMARTS) is 1. The maximum Gasteiger partial charge on any atom is 0.304 e. The van der Waals surface area contributed by atoms with Crippen molar-refractivity contribution in [1.29, 1.82) is 0 Å². The predicted molar refractivity (Wildman–Crippen MR) is 105 cm³/mol. The number of aliphatic carboxylic acids is 1. The molecule has 0 radical (unpaired) electrons. The van der Waals surface area contributed by atoms with Gasteiger partial charge in [0.1, 0.15) is 5.82 Å². The van der Waals surface area contributed by atoms with Gasteiger partial charge in [0.05, 0.1) is 12.5 Å². The molecule has 28 heavy (non-hydrogen) atoms. The molecule has 162 valence electrons. The third kappa shape index (κ3) is 8.80. The van der Waals surface area contributed by atoms with Gasteiger partial charge in [0, 0.05) is 12.1 Å². The average Bonchev–Trinajstić information content (AvgIpc) is 2.52. The molecule has 0 saturated heterocycles. The SMILES string of the molecule is CC1CCC(C(C)C)C(O)C1.Cl.NC(CC(=O)O)Cc1cc(F)c(F)cc1F. The highest BCUT2D eigenvalue weighted by atomic mass is 35.5. The minimum absolute atomic E-state index is 0. The van der Waals surface area contributed by atoms with Gasteiger partial charge in [-0.2, -0.15) is 0 Å². The van der Waals surface area contributed by atoms with Gasteiger partial charge in [-0.3, -0.25) is 4.79 Å². The molecule has 4 N–H and O–H groups in total. The monoisotopic (exact) mass is 425 g/mol. The molecule has 1 aromatic rings. The van der Waals surface area contributed by atoms with Gasteiger partial charge in [0.15, 0.2) is 11.6 Å². The Labute approximate surface area is 170 Å². The minimum Gasteiger partial charge on any atom is -0.481 e. The quantitative estimate of drug-likeness (QED) is 0.614. The van der Waals surface area contributed by atoms with Crippen LogP contribution in [0.2, 0.25) is 0 Å². The summed E-state index contributed by atoms with van der Waals surface area (Å²) >= 11 is 0. The van der Waals surface area contributed by atoms with Crippen LogP contribution in [-0.2, 0) is 11.2 Å². The Kier molecular flexibility index (Phi) is 11.7. The maximum absolute atomic E-state index is 13.1. The summed E-state index contributed by atoms with van der Waals surface area (Å²) in [6.45, 7) is 6.66. The number of hydrogen-bond donors (Lipinski definition) is 3. The molecule has 1 fully saturated rings. The van der Waals surface area contributed by atoms with Crippen molar-refractivity contribution in [1.82, 2.24) is 0 Å². The zero-order chi connectivity index (χ0) is 20.7. The Balaban J connectivity index is 0.000000535. The van der Waals surface area contributed by atoms with E-state index in [0.717, 1.165) is 12.3 Å². The summed E-state index contributed by atoms with van der Waals surface area (Å²) in [5, 5.41) is 18.1. The van der Waals surface area contributed by atoms with E-state index >= 15 is 0 Å². The van der Waals surface area contributed by atoms with Crippen LogP contribution in [-0.4, -0.2) is 28.3 Å². The fourth-order valence-corrected chi connectivity index (χ4v) is 3.45. The van der Waals surface area contributed by atoms with E-state index in [-0.39, 0.29) is 36.9 Å². The number of hydrogen-bond acceptors (Lipinski definition) is 3. The highest BCUT2D eigenvalue weighted by molar-refractivity contribution is 5.85. The average molecular weight is 426 g/mol. The largest absolute Gasteiger partial charge is 0.481 e. The molecule has 4 atom stereocenters. The van der Waals surface area contributed by atoms with Crippen molar-refractivity contribution in [2.24, 2.45) is 23.5 Å². The van der Waals surface area contributed by atoms with Gasteiger partial charge in [0.2, 0.25) is 0 Å². The van der Waals surface area contributed by atoms with Gasteiger partial charge >= 0.3 is 5.97 Å². The first-order valence-electron chi connectivity index (χ1n) is 9.30. The van der Waals surface area contributed by atoms with Crippen molar-refractivity contribution in [3.05, 3.63) is 35.1 Å². The van der Waals surface area contributed by atoms with E-state index in [2.05, 4.69) is 20.8 Å². The Morgan fingerprint density at radius 2 is 1.75 bits per heavy atom. The van der Waals surface area contributed by atoms with Crippen LogP contribution < -0.4 is 5.73 Å². The molecule has 4 nitrogen and oxygen atoms in total. The molecule has 1 aliphatic rings. The fourth-order valence-electron chi connectivity index (χ4n) is 3.45. The number of rotatable bonds is 5. The summed E-state index contributed by atoms with van der Waals surface area (Å²) in [5.41, 5.74) is 5.27. The zero-order valence-corrected chi connectivity index (χ0v) is 17.3. The van der Waals surface area contributed by atoms with E-state index in [0.29, 0.717) is 24.0 Å². The number of benzene rings is 1. The first-order valence-corrected chi connectivity index (χ1v) is 9.30. The van der Waals surface area contributed by atoms with E-state index in [4.69, 9.17) is 10.8 Å². The second-order valence-electron chi connectivity index (χ2n) is 7.81. The molecule has 0 bridgehead atoms. The molecular formula is C20H31ClF3NO3. The Bertz CT molecular complexity index is 631. The molecule has 1 aliphatic carbocycles. The molecule has 0 amide bonds. The number of carbonyl (C=O) groups is 1. The lowest BCUT2D eigenvalue weighted by molar-refractivity contribution is -0.137. The van der Waals surface area contributed by atoms with Crippen LogP contribution in [0.3, 0.4) is 0 Å². The van der Waals surface area contributed by atoms with Crippen molar-refractivity contribution < 1.29 is 28.2 Å². The Hall–Kier alpha value is -1.31.